The number of benzene rings is 2. The average molecular weight is 541 g/mol. The Morgan fingerprint density at radius 1 is 1.05 bits per heavy atom. The molecule has 7 nitrogen and oxygen atoms in total. The molecule has 3 aliphatic rings. The molecule has 0 spiro atoms. The normalized spacial score (nSPS) is 23.0. The van der Waals surface area contributed by atoms with Crippen LogP contribution in [0.4, 0.5) is 14.6 Å². The van der Waals surface area contributed by atoms with E-state index < -0.39 is 12.0 Å². The van der Waals surface area contributed by atoms with Crippen molar-refractivity contribution >= 4 is 27.5 Å². The Bertz CT molecular complexity index is 1640. The van der Waals surface area contributed by atoms with Gasteiger partial charge in [-0.15, -0.1) is 0 Å². The first-order valence-electron chi connectivity index (χ1n) is 14.1. The summed E-state index contributed by atoms with van der Waals surface area (Å²) in [7, 11) is 0. The van der Waals surface area contributed by atoms with Gasteiger partial charge in [0.1, 0.15) is 29.8 Å². The molecule has 3 aliphatic heterocycles. The first kappa shape index (κ1) is 25.1. The van der Waals surface area contributed by atoms with Crippen LogP contribution in [0.3, 0.4) is 0 Å². The van der Waals surface area contributed by atoms with Crippen molar-refractivity contribution in [2.24, 2.45) is 0 Å². The van der Waals surface area contributed by atoms with Gasteiger partial charge in [-0.25, -0.2) is 8.78 Å². The zero-order valence-electron chi connectivity index (χ0n) is 22.2. The van der Waals surface area contributed by atoms with Crippen molar-refractivity contribution in [1.82, 2.24) is 19.9 Å². The predicted octanol–water partition coefficient (Wildman–Crippen LogP) is 5.80. The van der Waals surface area contributed by atoms with E-state index in [0.717, 1.165) is 57.1 Å². The molecular weight excluding hydrogens is 510 g/mol. The van der Waals surface area contributed by atoms with E-state index >= 15 is 4.39 Å². The molecule has 0 N–H and O–H groups in total. The fraction of sp³-hybridized carbons (Fsp3) is 0.419. The van der Waals surface area contributed by atoms with Gasteiger partial charge in [-0.3, -0.25) is 9.88 Å². The molecule has 4 aromatic rings. The summed E-state index contributed by atoms with van der Waals surface area (Å²) >= 11 is 0. The average Bonchev–Trinajstić information content (AvgIpc) is 3.51. The molecule has 2 aromatic heterocycles. The molecule has 1 unspecified atom stereocenters. The van der Waals surface area contributed by atoms with E-state index in [9.17, 15) is 9.65 Å². The van der Waals surface area contributed by atoms with E-state index in [1.165, 1.54) is 0 Å². The summed E-state index contributed by atoms with van der Waals surface area (Å²) in [5.74, 6) is 0.0393. The Labute approximate surface area is 231 Å². The lowest BCUT2D eigenvalue weighted by molar-refractivity contribution is 0.107. The van der Waals surface area contributed by atoms with Crippen LogP contribution in [0, 0.1) is 17.1 Å². The minimum absolute atomic E-state index is 0.100. The molecule has 0 amide bonds. The highest BCUT2D eigenvalue weighted by atomic mass is 19.1. The van der Waals surface area contributed by atoms with Gasteiger partial charge in [-0.2, -0.15) is 15.2 Å². The molecular formula is C31H30F2N6O. The monoisotopic (exact) mass is 540 g/mol. The number of halogens is 2. The molecule has 3 fully saturated rings. The van der Waals surface area contributed by atoms with Crippen molar-refractivity contribution in [2.75, 3.05) is 37.7 Å². The van der Waals surface area contributed by atoms with Gasteiger partial charge in [0, 0.05) is 43.2 Å². The Balaban J connectivity index is 1.35. The summed E-state index contributed by atoms with van der Waals surface area (Å²) in [6.07, 6.45) is 6.27. The van der Waals surface area contributed by atoms with E-state index in [-0.39, 0.29) is 29.4 Å². The number of hydrogen-bond donors (Lipinski definition) is 0. The van der Waals surface area contributed by atoms with Gasteiger partial charge < -0.3 is 9.64 Å². The van der Waals surface area contributed by atoms with Gasteiger partial charge >= 0.3 is 6.01 Å². The molecule has 40 heavy (non-hydrogen) atoms. The third kappa shape index (κ3) is 4.13. The van der Waals surface area contributed by atoms with E-state index in [1.807, 2.05) is 24.3 Å². The number of nitriles is 1. The van der Waals surface area contributed by atoms with Crippen LogP contribution in [0.1, 0.15) is 44.1 Å². The quantitative estimate of drug-likeness (QED) is 0.317. The topological polar surface area (TPSA) is 78.2 Å². The van der Waals surface area contributed by atoms with Crippen molar-refractivity contribution in [1.29, 1.82) is 5.26 Å². The summed E-state index contributed by atoms with van der Waals surface area (Å²) < 4.78 is 37.0. The van der Waals surface area contributed by atoms with Gasteiger partial charge in [0.15, 0.2) is 5.82 Å². The maximum absolute atomic E-state index is 16.5. The Morgan fingerprint density at radius 3 is 2.70 bits per heavy atom. The molecule has 2 atom stereocenters. The maximum atomic E-state index is 16.5. The highest BCUT2D eigenvalue weighted by Gasteiger charge is 2.49. The number of fused-ring (bicyclic) bond motifs is 3. The second-order valence-corrected chi connectivity index (χ2v) is 11.2. The number of alkyl halides is 1. The van der Waals surface area contributed by atoms with Crippen LogP contribution >= 0.6 is 0 Å². The van der Waals surface area contributed by atoms with Gasteiger partial charge in [-0.1, -0.05) is 30.3 Å². The van der Waals surface area contributed by atoms with Crippen LogP contribution in [0.15, 0.2) is 42.6 Å². The number of ether oxygens (including phenoxy) is 1. The second-order valence-electron chi connectivity index (χ2n) is 11.2. The van der Waals surface area contributed by atoms with E-state index in [2.05, 4.69) is 25.8 Å². The van der Waals surface area contributed by atoms with Crippen molar-refractivity contribution in [3.8, 4) is 23.3 Å². The number of hydrogen-bond acceptors (Lipinski definition) is 7. The first-order valence-corrected chi connectivity index (χ1v) is 14.1. The summed E-state index contributed by atoms with van der Waals surface area (Å²) in [4.78, 5) is 18.2. The lowest BCUT2D eigenvalue weighted by Crippen LogP contribution is -2.43. The highest BCUT2D eigenvalue weighted by Crippen LogP contribution is 2.41. The molecule has 9 heteroatoms. The summed E-state index contributed by atoms with van der Waals surface area (Å²) in [6, 6.07) is 13.3. The number of rotatable bonds is 5. The zero-order valence-corrected chi connectivity index (χ0v) is 22.2. The van der Waals surface area contributed by atoms with Gasteiger partial charge in [0.25, 0.3) is 0 Å². The molecule has 5 heterocycles. The maximum Gasteiger partial charge on any atom is 0.319 e. The molecule has 3 saturated heterocycles. The Kier molecular flexibility index (Phi) is 6.23. The number of aromatic nitrogens is 3. The van der Waals surface area contributed by atoms with Gasteiger partial charge in [-0.05, 0) is 50.1 Å². The van der Waals surface area contributed by atoms with Crippen molar-refractivity contribution in [2.45, 2.75) is 50.2 Å². The second kappa shape index (κ2) is 9.93. The summed E-state index contributed by atoms with van der Waals surface area (Å²) in [6.45, 7) is 3.18. The number of anilines is 1. The zero-order chi connectivity index (χ0) is 27.3. The number of pyridine rings is 1. The van der Waals surface area contributed by atoms with E-state index in [0.29, 0.717) is 40.7 Å². The predicted molar refractivity (Wildman–Crippen MR) is 150 cm³/mol. The standard InChI is InChI=1S/C31H30F2N6O/c32-22-15-31(11-6-14-39(31)18-22)19-40-30-36-28-24(29(37-30)38-12-2-1-3-13-38)17-35-27(26(28)33)23-10-5-8-20-7-4-9-21(16-34)25(20)23/h4-5,7-10,17,22H,1-3,6,11-15,18-19H2/t22-,31?/m1/s1. The smallest absolute Gasteiger partial charge is 0.319 e. The lowest BCUT2D eigenvalue weighted by atomic mass is 9.95. The minimum atomic E-state index is -0.865. The van der Waals surface area contributed by atoms with Gasteiger partial charge in [0.2, 0.25) is 0 Å². The molecule has 0 aliphatic carbocycles. The molecule has 0 bridgehead atoms. The largest absolute Gasteiger partial charge is 0.461 e. The molecule has 204 valence electrons. The van der Waals surface area contributed by atoms with Crippen LogP contribution in [0.5, 0.6) is 6.01 Å². The SMILES string of the molecule is N#Cc1cccc2cccc(-c3ncc4c(N5CCCCC5)nc(OCC56CCCN5C[C@H](F)C6)nc4c3F)c12. The van der Waals surface area contributed by atoms with Crippen LogP contribution < -0.4 is 9.64 Å². The molecule has 0 radical (unpaired) electrons. The summed E-state index contributed by atoms with van der Waals surface area (Å²) in [5.41, 5.74) is 0.902. The van der Waals surface area contributed by atoms with Crippen molar-refractivity contribution in [3.05, 3.63) is 54.0 Å². The van der Waals surface area contributed by atoms with Crippen LogP contribution in [0.25, 0.3) is 32.9 Å². The number of nitrogens with zero attached hydrogens (tertiary/aromatic N) is 6. The number of piperidine rings is 1. The minimum Gasteiger partial charge on any atom is -0.461 e. The van der Waals surface area contributed by atoms with E-state index in [1.54, 1.807) is 18.3 Å². The fourth-order valence-electron chi connectivity index (χ4n) is 6.90. The van der Waals surface area contributed by atoms with Crippen molar-refractivity contribution < 1.29 is 13.5 Å². The summed E-state index contributed by atoms with van der Waals surface area (Å²) in [5, 5.41) is 11.8. The van der Waals surface area contributed by atoms with Gasteiger partial charge in [0.05, 0.1) is 22.6 Å². The molecule has 7 rings (SSSR count). The van der Waals surface area contributed by atoms with Crippen LogP contribution in [-0.2, 0) is 0 Å². The van der Waals surface area contributed by atoms with Crippen molar-refractivity contribution in [3.63, 3.8) is 0 Å². The third-order valence-corrected chi connectivity index (χ3v) is 8.81. The Morgan fingerprint density at radius 2 is 1.88 bits per heavy atom. The fourth-order valence-corrected chi connectivity index (χ4v) is 6.90. The van der Waals surface area contributed by atoms with E-state index in [4.69, 9.17) is 9.72 Å². The highest BCUT2D eigenvalue weighted by molar-refractivity contribution is 6.01. The third-order valence-electron chi connectivity index (χ3n) is 8.81. The van der Waals surface area contributed by atoms with Crippen LogP contribution in [0.2, 0.25) is 0 Å². The van der Waals surface area contributed by atoms with Crippen LogP contribution in [-0.4, -0.2) is 64.3 Å². The lowest BCUT2D eigenvalue weighted by Gasteiger charge is -2.31. The Hall–Kier alpha value is -3.90. The first-order chi connectivity index (χ1) is 19.6. The molecule has 2 aromatic carbocycles. The molecule has 0 saturated carbocycles.